The van der Waals surface area contributed by atoms with Gasteiger partial charge in [0.1, 0.15) is 12.6 Å². The Hall–Kier alpha value is -2.21. The van der Waals surface area contributed by atoms with Crippen LogP contribution < -0.4 is 0 Å². The van der Waals surface area contributed by atoms with Crippen molar-refractivity contribution in [3.8, 4) is 22.6 Å². The molecule has 148 valence electrons. The van der Waals surface area contributed by atoms with Gasteiger partial charge in [-0.3, -0.25) is 4.57 Å². The highest BCUT2D eigenvalue weighted by molar-refractivity contribution is 6.76. The van der Waals surface area contributed by atoms with Crippen LogP contribution >= 0.6 is 0 Å². The van der Waals surface area contributed by atoms with E-state index in [0.717, 1.165) is 46.6 Å². The monoisotopic (exact) mass is 394 g/mol. The van der Waals surface area contributed by atoms with Crippen molar-refractivity contribution in [2.45, 2.75) is 45.9 Å². The van der Waals surface area contributed by atoms with Gasteiger partial charge in [-0.15, -0.1) is 0 Å². The lowest BCUT2D eigenvalue weighted by atomic mass is 10.1. The summed E-state index contributed by atoms with van der Waals surface area (Å²) in [7, 11) is -1.14. The van der Waals surface area contributed by atoms with Crippen LogP contribution in [-0.2, 0) is 18.1 Å². The van der Waals surface area contributed by atoms with Crippen molar-refractivity contribution < 1.29 is 9.84 Å². The van der Waals surface area contributed by atoms with Gasteiger partial charge in [-0.1, -0.05) is 68.2 Å². The molecule has 0 aliphatic carbocycles. The minimum absolute atomic E-state index is 0.0271. The molecule has 0 aliphatic rings. The van der Waals surface area contributed by atoms with E-state index >= 15 is 0 Å². The van der Waals surface area contributed by atoms with Crippen LogP contribution in [-0.4, -0.2) is 29.3 Å². The number of ether oxygens (including phenoxy) is 1. The van der Waals surface area contributed by atoms with Crippen LogP contribution in [0, 0.1) is 6.92 Å². The van der Waals surface area contributed by atoms with Gasteiger partial charge in [0.15, 0.2) is 0 Å². The second-order valence-corrected chi connectivity index (χ2v) is 14.0. The number of aromatic nitrogens is 2. The zero-order chi connectivity index (χ0) is 20.1. The van der Waals surface area contributed by atoms with Gasteiger partial charge in [-0.05, 0) is 24.6 Å². The van der Waals surface area contributed by atoms with Crippen molar-refractivity contribution in [3.05, 3.63) is 65.9 Å². The van der Waals surface area contributed by atoms with E-state index in [4.69, 9.17) is 9.72 Å². The van der Waals surface area contributed by atoms with Gasteiger partial charge in [0.2, 0.25) is 0 Å². The normalized spacial score (nSPS) is 11.8. The zero-order valence-electron chi connectivity index (χ0n) is 17.3. The van der Waals surface area contributed by atoms with Gasteiger partial charge >= 0.3 is 0 Å². The van der Waals surface area contributed by atoms with Gasteiger partial charge in [0, 0.05) is 25.8 Å². The molecule has 0 saturated heterocycles. The Kier molecular flexibility index (Phi) is 6.49. The molecule has 0 fully saturated rings. The fraction of sp³-hybridized carbons (Fsp3) is 0.348. The van der Waals surface area contributed by atoms with Gasteiger partial charge in [-0.2, -0.15) is 0 Å². The fourth-order valence-corrected chi connectivity index (χ4v) is 3.98. The summed E-state index contributed by atoms with van der Waals surface area (Å²) in [6, 6.07) is 19.4. The Morgan fingerprint density at radius 3 is 2.39 bits per heavy atom. The molecule has 28 heavy (non-hydrogen) atoms. The van der Waals surface area contributed by atoms with Crippen molar-refractivity contribution >= 4 is 8.07 Å². The number of aryl methyl sites for hydroxylation is 1. The standard InChI is InChI=1S/C23H30N2O2Si/c1-18-22(21-12-8-9-19(15-21)16-26)25(17-27-13-14-28(2,3)4)23(24-18)20-10-6-5-7-11-20/h5-12,15,26H,13-14,16-17H2,1-4H3. The number of rotatable bonds is 8. The molecule has 0 amide bonds. The van der Waals surface area contributed by atoms with E-state index in [1.807, 2.05) is 43.3 Å². The molecule has 0 radical (unpaired) electrons. The maximum Gasteiger partial charge on any atom is 0.142 e. The third-order valence-electron chi connectivity index (χ3n) is 4.77. The second-order valence-electron chi connectivity index (χ2n) is 8.37. The summed E-state index contributed by atoms with van der Waals surface area (Å²) in [6.45, 7) is 10.4. The Balaban J connectivity index is 1.99. The minimum atomic E-state index is -1.14. The molecule has 1 heterocycles. The molecule has 0 spiro atoms. The molecule has 0 aliphatic heterocycles. The minimum Gasteiger partial charge on any atom is -0.392 e. The van der Waals surface area contributed by atoms with E-state index < -0.39 is 8.07 Å². The lowest BCUT2D eigenvalue weighted by Crippen LogP contribution is -2.22. The van der Waals surface area contributed by atoms with E-state index in [1.165, 1.54) is 0 Å². The summed E-state index contributed by atoms with van der Waals surface area (Å²) >= 11 is 0. The molecule has 3 aromatic rings. The SMILES string of the molecule is Cc1nc(-c2ccccc2)n(COCC[Si](C)(C)C)c1-c1cccc(CO)c1. The van der Waals surface area contributed by atoms with Crippen LogP contribution in [0.3, 0.4) is 0 Å². The Morgan fingerprint density at radius 2 is 1.71 bits per heavy atom. The molecule has 1 N–H and O–H groups in total. The molecule has 2 aromatic carbocycles. The quantitative estimate of drug-likeness (QED) is 0.415. The molecule has 0 bridgehead atoms. The summed E-state index contributed by atoms with van der Waals surface area (Å²) in [5, 5.41) is 9.54. The maximum absolute atomic E-state index is 9.54. The van der Waals surface area contributed by atoms with Crippen molar-refractivity contribution in [3.63, 3.8) is 0 Å². The largest absolute Gasteiger partial charge is 0.392 e. The molecule has 0 unspecified atom stereocenters. The van der Waals surface area contributed by atoms with Gasteiger partial charge in [0.05, 0.1) is 18.0 Å². The number of aliphatic hydroxyl groups excluding tert-OH is 1. The molecule has 4 nitrogen and oxygen atoms in total. The summed E-state index contributed by atoms with van der Waals surface area (Å²) in [4.78, 5) is 4.87. The lowest BCUT2D eigenvalue weighted by Gasteiger charge is -2.17. The van der Waals surface area contributed by atoms with E-state index in [0.29, 0.717) is 6.73 Å². The highest BCUT2D eigenvalue weighted by atomic mass is 28.3. The third kappa shape index (κ3) is 4.98. The van der Waals surface area contributed by atoms with Crippen molar-refractivity contribution in [1.82, 2.24) is 9.55 Å². The van der Waals surface area contributed by atoms with Crippen LogP contribution in [0.15, 0.2) is 54.6 Å². The van der Waals surface area contributed by atoms with Gasteiger partial charge in [-0.25, -0.2) is 4.98 Å². The van der Waals surface area contributed by atoms with Gasteiger partial charge in [0.25, 0.3) is 0 Å². The molecule has 0 saturated carbocycles. The summed E-state index contributed by atoms with van der Waals surface area (Å²) in [5.41, 5.74) is 5.02. The van der Waals surface area contributed by atoms with Crippen LogP contribution in [0.4, 0.5) is 0 Å². The average Bonchev–Trinajstić information content (AvgIpc) is 3.01. The van der Waals surface area contributed by atoms with Crippen LogP contribution in [0.25, 0.3) is 22.6 Å². The fourth-order valence-electron chi connectivity index (χ4n) is 3.22. The molecule has 0 atom stereocenters. The first-order valence-electron chi connectivity index (χ1n) is 9.79. The zero-order valence-corrected chi connectivity index (χ0v) is 18.3. The van der Waals surface area contributed by atoms with E-state index in [9.17, 15) is 5.11 Å². The van der Waals surface area contributed by atoms with Crippen molar-refractivity contribution in [2.24, 2.45) is 0 Å². The number of nitrogens with zero attached hydrogens (tertiary/aromatic N) is 2. The predicted molar refractivity (Wildman–Crippen MR) is 118 cm³/mol. The van der Waals surface area contributed by atoms with Gasteiger partial charge < -0.3 is 9.84 Å². The molecular formula is C23H30N2O2Si. The molecular weight excluding hydrogens is 364 g/mol. The average molecular weight is 395 g/mol. The summed E-state index contributed by atoms with van der Waals surface area (Å²) in [5.74, 6) is 0.913. The van der Waals surface area contributed by atoms with Crippen LogP contribution in [0.5, 0.6) is 0 Å². The predicted octanol–water partition coefficient (Wildman–Crippen LogP) is 5.33. The van der Waals surface area contributed by atoms with E-state index in [-0.39, 0.29) is 6.61 Å². The number of imidazole rings is 1. The highest BCUT2D eigenvalue weighted by Gasteiger charge is 2.18. The molecule has 5 heteroatoms. The summed E-state index contributed by atoms with van der Waals surface area (Å²) < 4.78 is 8.26. The van der Waals surface area contributed by atoms with Crippen LogP contribution in [0.2, 0.25) is 25.7 Å². The number of hydrogen-bond acceptors (Lipinski definition) is 3. The highest BCUT2D eigenvalue weighted by Crippen LogP contribution is 2.30. The first-order valence-corrected chi connectivity index (χ1v) is 13.5. The van der Waals surface area contributed by atoms with Crippen molar-refractivity contribution in [1.29, 1.82) is 0 Å². The Bertz CT molecular complexity index is 914. The van der Waals surface area contributed by atoms with E-state index in [1.54, 1.807) is 0 Å². The Morgan fingerprint density at radius 1 is 1.00 bits per heavy atom. The second kappa shape index (κ2) is 8.86. The van der Waals surface area contributed by atoms with Crippen LogP contribution in [0.1, 0.15) is 11.3 Å². The van der Waals surface area contributed by atoms with E-state index in [2.05, 4.69) is 42.4 Å². The maximum atomic E-state index is 9.54. The number of hydrogen-bond donors (Lipinski definition) is 1. The Labute approximate surface area is 168 Å². The summed E-state index contributed by atoms with van der Waals surface area (Å²) in [6.07, 6.45) is 0. The third-order valence-corrected chi connectivity index (χ3v) is 6.48. The van der Waals surface area contributed by atoms with Crippen molar-refractivity contribution in [2.75, 3.05) is 6.61 Å². The topological polar surface area (TPSA) is 47.3 Å². The first kappa shape index (κ1) is 20.5. The first-order chi connectivity index (χ1) is 13.4. The molecule has 3 rings (SSSR count). The lowest BCUT2D eigenvalue weighted by molar-refractivity contribution is 0.0893. The number of benzene rings is 2. The number of aliphatic hydroxyl groups is 1. The molecule has 1 aromatic heterocycles. The smallest absolute Gasteiger partial charge is 0.142 e.